The molecule has 3 amide bonds. The number of rotatable bonds is 9. The van der Waals surface area contributed by atoms with E-state index in [1.165, 1.54) is 0 Å². The largest absolute Gasteiger partial charge is 0.444 e. The maximum atomic E-state index is 14.5. The van der Waals surface area contributed by atoms with E-state index < -0.39 is 23.8 Å². The fourth-order valence-corrected chi connectivity index (χ4v) is 5.18. The first kappa shape index (κ1) is 30.1. The van der Waals surface area contributed by atoms with Crippen LogP contribution in [-0.4, -0.2) is 40.5 Å². The lowest BCUT2D eigenvalue weighted by atomic mass is 9.99. The van der Waals surface area contributed by atoms with Crippen molar-refractivity contribution in [2.75, 3.05) is 5.32 Å². The Morgan fingerprint density at radius 3 is 2.15 bits per heavy atom. The monoisotopic (exact) mass is 575 g/mol. The smallest absolute Gasteiger partial charge is 0.408 e. The lowest BCUT2D eigenvalue weighted by Crippen LogP contribution is -2.54. The third kappa shape index (κ3) is 7.88. The van der Waals surface area contributed by atoms with E-state index in [-0.39, 0.29) is 30.2 Å². The summed E-state index contributed by atoms with van der Waals surface area (Å²) in [6.45, 7) is 9.23. The van der Waals surface area contributed by atoms with Gasteiger partial charge in [0.25, 0.3) is 5.91 Å². The van der Waals surface area contributed by atoms with Crippen molar-refractivity contribution >= 4 is 35.2 Å². The summed E-state index contributed by atoms with van der Waals surface area (Å²) in [5.74, 6) is -0.538. The highest BCUT2D eigenvalue weighted by Crippen LogP contribution is 2.41. The third-order valence-electron chi connectivity index (χ3n) is 7.06. The van der Waals surface area contributed by atoms with Crippen molar-refractivity contribution in [2.24, 2.45) is 5.92 Å². The summed E-state index contributed by atoms with van der Waals surface area (Å²) in [6.07, 6.45) is 0.296. The highest BCUT2D eigenvalue weighted by molar-refractivity contribution is 6.34. The summed E-state index contributed by atoms with van der Waals surface area (Å²) in [7, 11) is 0. The minimum Gasteiger partial charge on any atom is -0.444 e. The molecule has 216 valence electrons. The van der Waals surface area contributed by atoms with Gasteiger partial charge in [-0.1, -0.05) is 91.3 Å². The average molecular weight is 576 g/mol. The normalized spacial score (nSPS) is 17.6. The van der Waals surface area contributed by atoms with E-state index in [2.05, 4.69) is 17.6 Å². The Hall–Kier alpha value is -3.84. The molecule has 41 heavy (non-hydrogen) atoms. The van der Waals surface area contributed by atoms with Crippen LogP contribution in [0.15, 0.2) is 78.9 Å². The molecular weight excluding hydrogens is 538 g/mol. The number of aryl methyl sites for hydroxylation is 1. The molecular formula is C33H38ClN3O4. The minimum atomic E-state index is -0.957. The third-order valence-corrected chi connectivity index (χ3v) is 7.38. The van der Waals surface area contributed by atoms with Crippen molar-refractivity contribution in [2.45, 2.75) is 71.2 Å². The van der Waals surface area contributed by atoms with Gasteiger partial charge in [0.15, 0.2) is 0 Å². The van der Waals surface area contributed by atoms with Crippen LogP contribution in [0.5, 0.6) is 0 Å². The molecule has 0 aliphatic heterocycles. The summed E-state index contributed by atoms with van der Waals surface area (Å²) in [5.41, 5.74) is 2.11. The van der Waals surface area contributed by atoms with Gasteiger partial charge in [-0.25, -0.2) is 4.79 Å². The van der Waals surface area contributed by atoms with E-state index >= 15 is 0 Å². The molecule has 0 spiro atoms. The van der Waals surface area contributed by atoms with Crippen molar-refractivity contribution in [3.8, 4) is 0 Å². The van der Waals surface area contributed by atoms with Gasteiger partial charge < -0.3 is 20.3 Å². The Balaban J connectivity index is 1.74. The zero-order chi connectivity index (χ0) is 29.7. The predicted octanol–water partition coefficient (Wildman–Crippen LogP) is 6.70. The maximum Gasteiger partial charge on any atom is 0.408 e. The van der Waals surface area contributed by atoms with Gasteiger partial charge in [-0.15, -0.1) is 0 Å². The van der Waals surface area contributed by atoms with Gasteiger partial charge in [0, 0.05) is 12.5 Å². The van der Waals surface area contributed by atoms with Crippen LogP contribution in [0.4, 0.5) is 10.5 Å². The number of nitrogens with zero attached hydrogens (tertiary/aromatic N) is 1. The van der Waals surface area contributed by atoms with Gasteiger partial charge in [0.2, 0.25) is 5.91 Å². The van der Waals surface area contributed by atoms with Crippen molar-refractivity contribution in [3.63, 3.8) is 0 Å². The van der Waals surface area contributed by atoms with Gasteiger partial charge in [0.1, 0.15) is 17.7 Å². The fourth-order valence-electron chi connectivity index (χ4n) is 4.91. The molecule has 1 fully saturated rings. The topological polar surface area (TPSA) is 87.7 Å². The van der Waals surface area contributed by atoms with Gasteiger partial charge in [0.05, 0.1) is 10.7 Å². The first-order valence-electron chi connectivity index (χ1n) is 13.9. The molecule has 1 aliphatic rings. The summed E-state index contributed by atoms with van der Waals surface area (Å²) in [6, 6.07) is 22.0. The molecule has 2 N–H and O–H groups in total. The number of hydrogen-bond acceptors (Lipinski definition) is 4. The maximum absolute atomic E-state index is 14.5. The standard InChI is InChI=1S/C33H38ClN3O4/c1-21-13-12-18-25(34)28(21)36-30(38)29(24-16-10-7-11-17-24)37(27-19-22(27)2)31(39)26(20-23-14-8-6-9-15-23)35-32(40)41-33(3,4)5/h6-18,22,26-27,29H,19-20H2,1-5H3,(H,35,40)(H,36,38). The number of benzene rings is 3. The van der Waals surface area contributed by atoms with Gasteiger partial charge in [-0.3, -0.25) is 9.59 Å². The first-order valence-corrected chi connectivity index (χ1v) is 14.3. The van der Waals surface area contributed by atoms with Crippen molar-refractivity contribution < 1.29 is 19.1 Å². The van der Waals surface area contributed by atoms with Crippen LogP contribution in [0, 0.1) is 12.8 Å². The van der Waals surface area contributed by atoms with Crippen LogP contribution in [0.3, 0.4) is 0 Å². The second-order valence-corrected chi connectivity index (χ2v) is 12.1. The Labute approximate surface area is 247 Å². The Kier molecular flexibility index (Phi) is 9.38. The average Bonchev–Trinajstić information content (AvgIpc) is 3.64. The summed E-state index contributed by atoms with van der Waals surface area (Å²) < 4.78 is 5.52. The minimum absolute atomic E-state index is 0.176. The van der Waals surface area contributed by atoms with Crippen LogP contribution in [0.2, 0.25) is 5.02 Å². The molecule has 0 saturated heterocycles. The Bertz CT molecular complexity index is 1350. The van der Waals surface area contributed by atoms with E-state index in [0.29, 0.717) is 16.3 Å². The molecule has 4 rings (SSSR count). The molecule has 3 aromatic carbocycles. The number of ether oxygens (including phenoxy) is 1. The second kappa shape index (κ2) is 12.8. The number of alkyl carbamates (subject to hydrolysis) is 1. The van der Waals surface area contributed by atoms with Gasteiger partial charge >= 0.3 is 6.09 Å². The van der Waals surface area contributed by atoms with Crippen LogP contribution in [-0.2, 0) is 20.7 Å². The molecule has 4 unspecified atom stereocenters. The van der Waals surface area contributed by atoms with E-state index in [9.17, 15) is 14.4 Å². The molecule has 8 heteroatoms. The molecule has 3 aromatic rings. The number of carbonyl (C=O) groups excluding carboxylic acids is 3. The zero-order valence-electron chi connectivity index (χ0n) is 24.2. The highest BCUT2D eigenvalue weighted by atomic mass is 35.5. The van der Waals surface area contributed by atoms with Gasteiger partial charge in [-0.05, 0) is 62.8 Å². The number of nitrogens with one attached hydrogen (secondary N) is 2. The number of carbonyl (C=O) groups is 3. The van der Waals surface area contributed by atoms with E-state index in [4.69, 9.17) is 16.3 Å². The van der Waals surface area contributed by atoms with Crippen molar-refractivity contribution in [3.05, 3.63) is 101 Å². The van der Waals surface area contributed by atoms with E-state index in [0.717, 1.165) is 17.5 Å². The first-order chi connectivity index (χ1) is 19.4. The van der Waals surface area contributed by atoms with Crippen LogP contribution < -0.4 is 10.6 Å². The van der Waals surface area contributed by atoms with Crippen LogP contribution >= 0.6 is 11.6 Å². The molecule has 7 nitrogen and oxygen atoms in total. The lowest BCUT2D eigenvalue weighted by Gasteiger charge is -2.35. The number of hydrogen-bond donors (Lipinski definition) is 2. The molecule has 1 aliphatic carbocycles. The fraction of sp³-hybridized carbons (Fsp3) is 0.364. The summed E-state index contributed by atoms with van der Waals surface area (Å²) in [4.78, 5) is 43.2. The zero-order valence-corrected chi connectivity index (χ0v) is 24.9. The SMILES string of the molecule is Cc1cccc(Cl)c1NC(=O)C(c1ccccc1)N(C(=O)C(Cc1ccccc1)NC(=O)OC(C)(C)C)C1CC1C. The molecule has 0 bridgehead atoms. The molecule has 0 aromatic heterocycles. The van der Waals surface area contributed by atoms with Crippen molar-refractivity contribution in [1.82, 2.24) is 10.2 Å². The number of para-hydroxylation sites is 1. The van der Waals surface area contributed by atoms with Crippen molar-refractivity contribution in [1.29, 1.82) is 0 Å². The van der Waals surface area contributed by atoms with Crippen LogP contribution in [0.25, 0.3) is 0 Å². The quantitative estimate of drug-likeness (QED) is 0.297. The summed E-state index contributed by atoms with van der Waals surface area (Å²) >= 11 is 6.46. The molecule has 0 radical (unpaired) electrons. The highest BCUT2D eigenvalue weighted by Gasteiger charge is 2.48. The number of amides is 3. The molecule has 0 heterocycles. The summed E-state index contributed by atoms with van der Waals surface area (Å²) in [5, 5.41) is 6.21. The molecule has 1 saturated carbocycles. The van der Waals surface area contributed by atoms with Crippen LogP contribution in [0.1, 0.15) is 56.8 Å². The van der Waals surface area contributed by atoms with E-state index in [1.807, 2.05) is 79.7 Å². The van der Waals surface area contributed by atoms with E-state index in [1.54, 1.807) is 31.7 Å². The second-order valence-electron chi connectivity index (χ2n) is 11.6. The Morgan fingerprint density at radius 1 is 0.976 bits per heavy atom. The lowest BCUT2D eigenvalue weighted by molar-refractivity contribution is -0.141. The number of anilines is 1. The molecule has 4 atom stereocenters. The Morgan fingerprint density at radius 2 is 1.59 bits per heavy atom. The predicted molar refractivity (Wildman–Crippen MR) is 162 cm³/mol. The van der Waals surface area contributed by atoms with Gasteiger partial charge in [-0.2, -0.15) is 0 Å². The number of halogens is 1.